The Balaban J connectivity index is 1.53. The number of aryl methyl sites for hydroxylation is 2. The smallest absolute Gasteiger partial charge is 0.418 e. The van der Waals surface area contributed by atoms with Crippen LogP contribution in [-0.4, -0.2) is 53.4 Å². The van der Waals surface area contributed by atoms with E-state index in [1.807, 2.05) is 18.7 Å². The molecule has 0 spiro atoms. The molecule has 158 valence electrons. The largest absolute Gasteiger partial charge is 0.444 e. The van der Waals surface area contributed by atoms with Gasteiger partial charge < -0.3 is 9.73 Å². The minimum absolute atomic E-state index is 0.0528. The predicted molar refractivity (Wildman–Crippen MR) is 102 cm³/mol. The summed E-state index contributed by atoms with van der Waals surface area (Å²) in [6.07, 6.45) is -3.66. The molecule has 1 aliphatic rings. The fraction of sp³-hybridized carbons (Fsp3) is 0.500. The van der Waals surface area contributed by atoms with Crippen LogP contribution in [0, 0.1) is 13.8 Å². The lowest BCUT2D eigenvalue weighted by molar-refractivity contribution is -0.137. The van der Waals surface area contributed by atoms with E-state index in [4.69, 9.17) is 4.42 Å². The standard InChI is InChI=1S/C20H25F3N4O2/c1-14-15(2)29-19(24-14)13-27-9-5-8-26(10-11-27)12-18(28)25-17-7-4-3-6-16(17)20(21,22)23/h3-4,6-7H,5,8-13H2,1-2H3,(H,25,28). The minimum atomic E-state index is -4.51. The van der Waals surface area contributed by atoms with Crippen LogP contribution in [0.4, 0.5) is 18.9 Å². The third-order valence-corrected chi connectivity index (χ3v) is 4.99. The Morgan fingerprint density at radius 3 is 2.52 bits per heavy atom. The van der Waals surface area contributed by atoms with Gasteiger partial charge in [-0.25, -0.2) is 4.98 Å². The fourth-order valence-corrected chi connectivity index (χ4v) is 3.37. The molecule has 1 aliphatic heterocycles. The van der Waals surface area contributed by atoms with Crippen LogP contribution in [0.5, 0.6) is 0 Å². The molecule has 0 aliphatic carbocycles. The number of nitrogens with one attached hydrogen (secondary N) is 1. The van der Waals surface area contributed by atoms with E-state index >= 15 is 0 Å². The lowest BCUT2D eigenvalue weighted by Gasteiger charge is -2.21. The van der Waals surface area contributed by atoms with Crippen molar-refractivity contribution in [3.8, 4) is 0 Å². The number of aromatic nitrogens is 1. The molecule has 29 heavy (non-hydrogen) atoms. The van der Waals surface area contributed by atoms with Gasteiger partial charge in [0.1, 0.15) is 5.76 Å². The van der Waals surface area contributed by atoms with Crippen LogP contribution in [0.15, 0.2) is 28.7 Å². The molecule has 0 bridgehead atoms. The Morgan fingerprint density at radius 1 is 1.14 bits per heavy atom. The van der Waals surface area contributed by atoms with Crippen LogP contribution < -0.4 is 5.32 Å². The average Bonchev–Trinajstić information content (AvgIpc) is 2.82. The first kappa shape index (κ1) is 21.3. The molecule has 1 N–H and O–H groups in total. The molecule has 3 rings (SSSR count). The summed E-state index contributed by atoms with van der Waals surface area (Å²) in [5.74, 6) is 1.04. The molecule has 9 heteroatoms. The molecule has 1 fully saturated rings. The number of hydrogen-bond donors (Lipinski definition) is 1. The molecule has 6 nitrogen and oxygen atoms in total. The Bertz CT molecular complexity index is 831. The van der Waals surface area contributed by atoms with E-state index in [-0.39, 0.29) is 12.2 Å². The van der Waals surface area contributed by atoms with Gasteiger partial charge in [-0.15, -0.1) is 0 Å². The number of hydrogen-bond acceptors (Lipinski definition) is 5. The maximum absolute atomic E-state index is 13.1. The summed E-state index contributed by atoms with van der Waals surface area (Å²) in [6, 6.07) is 5.01. The van der Waals surface area contributed by atoms with Crippen molar-refractivity contribution in [1.82, 2.24) is 14.8 Å². The van der Waals surface area contributed by atoms with Gasteiger partial charge in [0, 0.05) is 13.1 Å². The highest BCUT2D eigenvalue weighted by Crippen LogP contribution is 2.34. The van der Waals surface area contributed by atoms with Crippen LogP contribution in [0.3, 0.4) is 0 Å². The number of benzene rings is 1. The quantitative estimate of drug-likeness (QED) is 0.818. The van der Waals surface area contributed by atoms with Crippen molar-refractivity contribution in [2.45, 2.75) is 33.0 Å². The van der Waals surface area contributed by atoms with E-state index in [0.29, 0.717) is 25.5 Å². The normalized spacial score (nSPS) is 16.6. The topological polar surface area (TPSA) is 61.6 Å². The Hall–Kier alpha value is -2.39. The fourth-order valence-electron chi connectivity index (χ4n) is 3.37. The van der Waals surface area contributed by atoms with Crippen molar-refractivity contribution in [1.29, 1.82) is 0 Å². The van der Waals surface area contributed by atoms with E-state index in [2.05, 4.69) is 15.2 Å². The molecule has 1 aromatic carbocycles. The maximum atomic E-state index is 13.1. The summed E-state index contributed by atoms with van der Waals surface area (Å²) in [7, 11) is 0. The molecule has 0 atom stereocenters. The first-order chi connectivity index (χ1) is 13.7. The highest BCUT2D eigenvalue weighted by molar-refractivity contribution is 5.93. The van der Waals surface area contributed by atoms with Crippen LogP contribution in [0.1, 0.15) is 29.3 Å². The zero-order chi connectivity index (χ0) is 21.0. The van der Waals surface area contributed by atoms with Crippen LogP contribution in [0.25, 0.3) is 0 Å². The number of rotatable bonds is 5. The summed E-state index contributed by atoms with van der Waals surface area (Å²) in [6.45, 7) is 7.36. The number of amides is 1. The van der Waals surface area contributed by atoms with Crippen molar-refractivity contribution in [3.05, 3.63) is 47.2 Å². The summed E-state index contributed by atoms with van der Waals surface area (Å²) < 4.78 is 44.9. The number of oxazole rings is 1. The van der Waals surface area contributed by atoms with Gasteiger partial charge in [-0.05, 0) is 45.5 Å². The Morgan fingerprint density at radius 2 is 1.83 bits per heavy atom. The summed E-state index contributed by atoms with van der Waals surface area (Å²) in [4.78, 5) is 20.9. The number of anilines is 1. The molecule has 1 amide bonds. The van der Waals surface area contributed by atoms with Crippen molar-refractivity contribution in [3.63, 3.8) is 0 Å². The third kappa shape index (κ3) is 5.80. The van der Waals surface area contributed by atoms with E-state index in [0.717, 1.165) is 37.0 Å². The molecular formula is C20H25F3N4O2. The van der Waals surface area contributed by atoms with Crippen LogP contribution in [0.2, 0.25) is 0 Å². The van der Waals surface area contributed by atoms with Gasteiger partial charge in [0.2, 0.25) is 11.8 Å². The molecule has 1 saturated heterocycles. The van der Waals surface area contributed by atoms with Gasteiger partial charge in [0.05, 0.1) is 30.0 Å². The van der Waals surface area contributed by atoms with E-state index in [9.17, 15) is 18.0 Å². The predicted octanol–water partition coefficient (Wildman–Crippen LogP) is 3.46. The second-order valence-corrected chi connectivity index (χ2v) is 7.25. The van der Waals surface area contributed by atoms with Crippen LogP contribution in [-0.2, 0) is 17.5 Å². The zero-order valence-electron chi connectivity index (χ0n) is 16.6. The molecule has 1 aromatic heterocycles. The summed E-state index contributed by atoms with van der Waals surface area (Å²) in [5, 5.41) is 2.41. The van der Waals surface area contributed by atoms with Crippen LogP contribution >= 0.6 is 0 Å². The van der Waals surface area contributed by atoms with Gasteiger partial charge in [0.25, 0.3) is 0 Å². The molecule has 0 saturated carbocycles. The first-order valence-electron chi connectivity index (χ1n) is 9.56. The van der Waals surface area contributed by atoms with Gasteiger partial charge in [-0.3, -0.25) is 14.6 Å². The minimum Gasteiger partial charge on any atom is -0.444 e. The Labute approximate surface area is 167 Å². The lowest BCUT2D eigenvalue weighted by atomic mass is 10.1. The van der Waals surface area contributed by atoms with E-state index in [1.165, 1.54) is 18.2 Å². The highest BCUT2D eigenvalue weighted by Gasteiger charge is 2.33. The van der Waals surface area contributed by atoms with Crippen molar-refractivity contribution in [2.24, 2.45) is 0 Å². The number of halogens is 3. The summed E-state index contributed by atoms with van der Waals surface area (Å²) in [5.41, 5.74) is -0.171. The van der Waals surface area contributed by atoms with Gasteiger partial charge in [0.15, 0.2) is 0 Å². The average molecular weight is 410 g/mol. The second-order valence-electron chi connectivity index (χ2n) is 7.25. The number of alkyl halides is 3. The highest BCUT2D eigenvalue weighted by atomic mass is 19.4. The first-order valence-corrected chi connectivity index (χ1v) is 9.56. The second kappa shape index (κ2) is 8.96. The van der Waals surface area contributed by atoms with E-state index in [1.54, 1.807) is 0 Å². The lowest BCUT2D eigenvalue weighted by Crippen LogP contribution is -2.36. The third-order valence-electron chi connectivity index (χ3n) is 4.99. The van der Waals surface area contributed by atoms with Crippen molar-refractivity contribution < 1.29 is 22.4 Å². The van der Waals surface area contributed by atoms with Crippen molar-refractivity contribution in [2.75, 3.05) is 38.0 Å². The molecule has 0 radical (unpaired) electrons. The summed E-state index contributed by atoms with van der Waals surface area (Å²) >= 11 is 0. The number of para-hydroxylation sites is 1. The number of nitrogens with zero attached hydrogens (tertiary/aromatic N) is 3. The number of carbonyl (C=O) groups excluding carboxylic acids is 1. The molecular weight excluding hydrogens is 385 g/mol. The number of carbonyl (C=O) groups is 1. The SMILES string of the molecule is Cc1nc(CN2CCCN(CC(=O)Nc3ccccc3C(F)(F)F)CC2)oc1C. The molecule has 2 aromatic rings. The zero-order valence-corrected chi connectivity index (χ0v) is 16.6. The monoisotopic (exact) mass is 410 g/mol. The van der Waals surface area contributed by atoms with E-state index < -0.39 is 17.6 Å². The van der Waals surface area contributed by atoms with Crippen molar-refractivity contribution >= 4 is 11.6 Å². The maximum Gasteiger partial charge on any atom is 0.418 e. The van der Waals surface area contributed by atoms with Gasteiger partial charge in [-0.2, -0.15) is 13.2 Å². The Kier molecular flexibility index (Phi) is 6.59. The van der Waals surface area contributed by atoms with Gasteiger partial charge in [-0.1, -0.05) is 12.1 Å². The molecule has 2 heterocycles. The van der Waals surface area contributed by atoms with Gasteiger partial charge >= 0.3 is 6.18 Å². The molecule has 0 unspecified atom stereocenters.